The van der Waals surface area contributed by atoms with E-state index >= 15 is 0 Å². The summed E-state index contributed by atoms with van der Waals surface area (Å²) in [5, 5.41) is 3.31. The summed E-state index contributed by atoms with van der Waals surface area (Å²) in [5.41, 5.74) is 2.98. The van der Waals surface area contributed by atoms with E-state index in [2.05, 4.69) is 70.7 Å². The van der Waals surface area contributed by atoms with Crippen molar-refractivity contribution in [1.29, 1.82) is 0 Å². The third kappa shape index (κ3) is 9.84. The third-order valence-electron chi connectivity index (χ3n) is 6.80. The number of benzene rings is 1. The molecule has 10 nitrogen and oxygen atoms in total. The molecule has 0 spiro atoms. The Hall–Kier alpha value is -3.44. The molecule has 0 aliphatic heterocycles. The SMILES string of the molecule is CN(CCCN(C)c1ncc(-c2ccnc(Nc3cccc(COS(C)(C)C(C)(C)C)c3)n2)cn1)C(=O)OC(C)(C)C. The zero-order valence-electron chi connectivity index (χ0n) is 26.8. The summed E-state index contributed by atoms with van der Waals surface area (Å²) in [6.45, 7) is 14.0. The minimum absolute atomic E-state index is 0.106. The van der Waals surface area contributed by atoms with Gasteiger partial charge in [-0.3, -0.25) is 0 Å². The zero-order chi connectivity index (χ0) is 31.1. The van der Waals surface area contributed by atoms with E-state index in [0.29, 0.717) is 31.6 Å². The maximum atomic E-state index is 12.2. The molecule has 1 amide bonds. The predicted octanol–water partition coefficient (Wildman–Crippen LogP) is 6.66. The number of anilines is 3. The van der Waals surface area contributed by atoms with Crippen LogP contribution < -0.4 is 10.2 Å². The molecule has 0 saturated carbocycles. The van der Waals surface area contributed by atoms with E-state index in [1.54, 1.807) is 30.5 Å². The third-order valence-corrected chi connectivity index (χ3v) is 10.5. The lowest BCUT2D eigenvalue weighted by molar-refractivity contribution is 0.0298. The van der Waals surface area contributed by atoms with E-state index < -0.39 is 15.9 Å². The molecule has 0 radical (unpaired) electrons. The lowest BCUT2D eigenvalue weighted by Crippen LogP contribution is -2.35. The Kier molecular flexibility index (Phi) is 10.8. The lowest BCUT2D eigenvalue weighted by atomic mass is 10.2. The summed E-state index contributed by atoms with van der Waals surface area (Å²) in [6, 6.07) is 9.95. The van der Waals surface area contributed by atoms with Gasteiger partial charge in [0.05, 0.1) is 12.3 Å². The van der Waals surface area contributed by atoms with Crippen molar-refractivity contribution in [3.63, 3.8) is 0 Å². The summed E-state index contributed by atoms with van der Waals surface area (Å²) in [5.74, 6) is 1.09. The van der Waals surface area contributed by atoms with Crippen LogP contribution in [0.15, 0.2) is 48.9 Å². The fourth-order valence-corrected chi connectivity index (χ4v) is 4.35. The summed E-state index contributed by atoms with van der Waals surface area (Å²) < 4.78 is 11.8. The topological polar surface area (TPSA) is 106 Å². The van der Waals surface area contributed by atoms with Gasteiger partial charge in [-0.2, -0.15) is 0 Å². The number of hydrogen-bond donors (Lipinski definition) is 1. The van der Waals surface area contributed by atoms with Gasteiger partial charge in [0.1, 0.15) is 5.60 Å². The summed E-state index contributed by atoms with van der Waals surface area (Å²) in [4.78, 5) is 33.8. The molecule has 2 aromatic heterocycles. The predicted molar refractivity (Wildman–Crippen MR) is 174 cm³/mol. The van der Waals surface area contributed by atoms with Crippen LogP contribution in [0.3, 0.4) is 0 Å². The lowest BCUT2D eigenvalue weighted by Gasteiger charge is -2.43. The molecule has 0 aliphatic carbocycles. The Labute approximate surface area is 252 Å². The number of nitrogens with zero attached hydrogens (tertiary/aromatic N) is 6. The number of ether oxygens (including phenoxy) is 1. The van der Waals surface area contributed by atoms with Gasteiger partial charge in [0.15, 0.2) is 0 Å². The molecule has 1 aromatic carbocycles. The van der Waals surface area contributed by atoms with Crippen LogP contribution in [-0.4, -0.2) is 81.0 Å². The van der Waals surface area contributed by atoms with Crippen molar-refractivity contribution < 1.29 is 13.7 Å². The van der Waals surface area contributed by atoms with E-state index in [-0.39, 0.29) is 10.8 Å². The second kappa shape index (κ2) is 13.7. The summed E-state index contributed by atoms with van der Waals surface area (Å²) >= 11 is 0. The highest BCUT2D eigenvalue weighted by Crippen LogP contribution is 2.54. The van der Waals surface area contributed by atoms with Crippen LogP contribution >= 0.6 is 10.3 Å². The average Bonchev–Trinajstić information content (AvgIpc) is 2.91. The van der Waals surface area contributed by atoms with Crippen LogP contribution in [0.4, 0.5) is 22.4 Å². The number of carbonyl (C=O) groups is 1. The molecule has 230 valence electrons. The molecule has 2 heterocycles. The van der Waals surface area contributed by atoms with Crippen LogP contribution in [0.2, 0.25) is 0 Å². The Balaban J connectivity index is 1.57. The molecule has 11 heteroatoms. The van der Waals surface area contributed by atoms with Gasteiger partial charge in [-0.15, -0.1) is 10.3 Å². The van der Waals surface area contributed by atoms with Crippen LogP contribution in [0, 0.1) is 0 Å². The van der Waals surface area contributed by atoms with Gasteiger partial charge in [0.25, 0.3) is 0 Å². The second-order valence-electron chi connectivity index (χ2n) is 12.6. The van der Waals surface area contributed by atoms with Crippen LogP contribution in [-0.2, 0) is 15.5 Å². The standard InChI is InChI=1S/C31H47N7O3S/c1-30(2,3)41-29(39)38(8)18-12-17-37(7)28-33-20-24(21-34-28)26-15-16-32-27(36-26)35-25-14-11-13-23(19-25)22-40-42(9,10)31(4,5)6/h11,13-16,19-21H,12,17-18,22H2,1-10H3,(H,32,35,36). The molecule has 3 aromatic rings. The first-order chi connectivity index (χ1) is 19.5. The summed E-state index contributed by atoms with van der Waals surface area (Å²) in [7, 11) is 2.46. The van der Waals surface area contributed by atoms with E-state index in [1.165, 1.54) is 0 Å². The Morgan fingerprint density at radius 1 is 0.976 bits per heavy atom. The monoisotopic (exact) mass is 597 g/mol. The molecule has 0 atom stereocenters. The minimum Gasteiger partial charge on any atom is -0.444 e. The van der Waals surface area contributed by atoms with Gasteiger partial charge in [-0.1, -0.05) is 32.9 Å². The molecule has 0 aliphatic rings. The highest BCUT2D eigenvalue weighted by atomic mass is 32.3. The van der Waals surface area contributed by atoms with Crippen molar-refractivity contribution in [2.45, 2.75) is 64.9 Å². The van der Waals surface area contributed by atoms with E-state index in [4.69, 9.17) is 8.92 Å². The van der Waals surface area contributed by atoms with E-state index in [9.17, 15) is 4.79 Å². The van der Waals surface area contributed by atoms with Crippen LogP contribution in [0.5, 0.6) is 0 Å². The average molecular weight is 598 g/mol. The zero-order valence-corrected chi connectivity index (χ0v) is 27.6. The fourth-order valence-electron chi connectivity index (χ4n) is 3.57. The van der Waals surface area contributed by atoms with Gasteiger partial charge >= 0.3 is 6.09 Å². The van der Waals surface area contributed by atoms with E-state index in [0.717, 1.165) is 28.9 Å². The van der Waals surface area contributed by atoms with Gasteiger partial charge < -0.3 is 24.0 Å². The molecular weight excluding hydrogens is 550 g/mol. The van der Waals surface area contributed by atoms with Gasteiger partial charge in [-0.05, 0) is 63.5 Å². The van der Waals surface area contributed by atoms with Gasteiger partial charge in [-0.25, -0.2) is 24.7 Å². The van der Waals surface area contributed by atoms with Crippen molar-refractivity contribution in [2.75, 3.05) is 49.9 Å². The molecule has 1 N–H and O–H groups in total. The summed E-state index contributed by atoms with van der Waals surface area (Å²) in [6.07, 6.45) is 10.1. The fraction of sp³-hybridized carbons (Fsp3) is 0.516. The Morgan fingerprint density at radius 2 is 1.67 bits per heavy atom. The number of amides is 1. The van der Waals surface area contributed by atoms with E-state index in [1.807, 2.05) is 50.9 Å². The van der Waals surface area contributed by atoms with Crippen LogP contribution in [0.25, 0.3) is 11.3 Å². The minimum atomic E-state index is -1.21. The molecule has 0 fully saturated rings. The van der Waals surface area contributed by atoms with Gasteiger partial charge in [0.2, 0.25) is 11.9 Å². The normalized spacial score (nSPS) is 12.5. The number of nitrogens with one attached hydrogen (secondary N) is 1. The van der Waals surface area contributed by atoms with Crippen molar-refractivity contribution in [2.24, 2.45) is 0 Å². The van der Waals surface area contributed by atoms with Crippen molar-refractivity contribution in [3.05, 3.63) is 54.5 Å². The highest BCUT2D eigenvalue weighted by Gasteiger charge is 2.28. The molecule has 0 unspecified atom stereocenters. The number of carbonyl (C=O) groups excluding carboxylic acids is 1. The maximum absolute atomic E-state index is 12.2. The molecule has 42 heavy (non-hydrogen) atoms. The highest BCUT2D eigenvalue weighted by molar-refractivity contribution is 8.29. The first-order valence-corrected chi connectivity index (χ1v) is 16.5. The molecule has 0 bridgehead atoms. The second-order valence-corrected chi connectivity index (χ2v) is 16.6. The van der Waals surface area contributed by atoms with Crippen molar-refractivity contribution in [3.8, 4) is 11.3 Å². The molecule has 3 rings (SSSR count). The molecular formula is C31H47N7O3S. The Morgan fingerprint density at radius 3 is 2.31 bits per heavy atom. The number of rotatable bonds is 11. The maximum Gasteiger partial charge on any atom is 0.410 e. The van der Waals surface area contributed by atoms with Gasteiger partial charge in [0, 0.05) is 61.8 Å². The van der Waals surface area contributed by atoms with Crippen molar-refractivity contribution in [1.82, 2.24) is 24.8 Å². The quantitative estimate of drug-likeness (QED) is 0.260. The smallest absolute Gasteiger partial charge is 0.410 e. The Bertz CT molecular complexity index is 1320. The first-order valence-electron chi connectivity index (χ1n) is 14.1. The molecule has 0 saturated heterocycles. The largest absolute Gasteiger partial charge is 0.444 e. The van der Waals surface area contributed by atoms with Crippen molar-refractivity contribution >= 4 is 34.0 Å². The first kappa shape index (κ1) is 33.1. The number of aromatic nitrogens is 4. The van der Waals surface area contributed by atoms with Crippen LogP contribution in [0.1, 0.15) is 53.5 Å². The number of hydrogen-bond acceptors (Lipinski definition) is 9.